The van der Waals surface area contributed by atoms with E-state index in [1.807, 2.05) is 27.7 Å². The quantitative estimate of drug-likeness (QED) is 0.742. The maximum atomic E-state index is 12.9. The summed E-state index contributed by atoms with van der Waals surface area (Å²) in [5.41, 5.74) is 7.20. The Morgan fingerprint density at radius 3 is 2.39 bits per heavy atom. The number of alkyl halides is 2. The molecule has 0 saturated carbocycles. The number of nitrogens with one attached hydrogen (secondary N) is 1. The second-order valence-corrected chi connectivity index (χ2v) is 8.65. The van der Waals surface area contributed by atoms with Crippen molar-refractivity contribution in [2.45, 2.75) is 57.9 Å². The van der Waals surface area contributed by atoms with Gasteiger partial charge in [0.05, 0.1) is 6.04 Å². The van der Waals surface area contributed by atoms with E-state index in [2.05, 4.69) is 4.72 Å². The highest BCUT2D eigenvalue weighted by Gasteiger charge is 2.28. The molecule has 23 heavy (non-hydrogen) atoms. The molecule has 1 aromatic carbocycles. The second kappa shape index (κ2) is 7.79. The summed E-state index contributed by atoms with van der Waals surface area (Å²) >= 11 is -1.21. The molecule has 0 unspecified atom stereocenters. The molecule has 0 aliphatic rings. The summed E-state index contributed by atoms with van der Waals surface area (Å²) in [7, 11) is 0. The summed E-state index contributed by atoms with van der Waals surface area (Å²) in [6.45, 7) is 7.83. The van der Waals surface area contributed by atoms with Crippen molar-refractivity contribution in [2.75, 3.05) is 6.61 Å². The smallest absolute Gasteiger partial charge is 0.278 e. The second-order valence-electron chi connectivity index (χ2n) is 6.65. The zero-order valence-corrected chi connectivity index (χ0v) is 15.1. The highest BCUT2D eigenvalue weighted by atomic mass is 32.2. The Morgan fingerprint density at radius 2 is 1.91 bits per heavy atom. The van der Waals surface area contributed by atoms with E-state index in [1.54, 1.807) is 18.2 Å². The molecule has 0 aliphatic heterocycles. The van der Waals surface area contributed by atoms with Crippen LogP contribution in [0.5, 0.6) is 5.75 Å². The Labute approximate surface area is 140 Å². The van der Waals surface area contributed by atoms with Crippen molar-refractivity contribution in [1.29, 1.82) is 0 Å². The van der Waals surface area contributed by atoms with Crippen LogP contribution in [0.1, 0.15) is 51.8 Å². The predicted octanol–water partition coefficient (Wildman–Crippen LogP) is 3.29. The SMILES string of the molecule is C[C@@H](N[S@+]([O-])C(C)(C)C)c1ccc(OCC(C)(F)F)c(CN)c1. The van der Waals surface area contributed by atoms with Crippen molar-refractivity contribution in [3.05, 3.63) is 29.3 Å². The summed E-state index contributed by atoms with van der Waals surface area (Å²) in [6.07, 6.45) is 0. The minimum absolute atomic E-state index is 0.165. The Bertz CT molecular complexity index is 516. The first-order chi connectivity index (χ1) is 10.4. The third kappa shape index (κ3) is 6.63. The zero-order chi connectivity index (χ0) is 17.8. The van der Waals surface area contributed by atoms with Crippen molar-refractivity contribution >= 4 is 11.4 Å². The van der Waals surface area contributed by atoms with Crippen molar-refractivity contribution in [1.82, 2.24) is 4.72 Å². The fraction of sp³-hybridized carbons (Fsp3) is 0.625. The highest BCUT2D eigenvalue weighted by Crippen LogP contribution is 2.26. The van der Waals surface area contributed by atoms with E-state index in [0.717, 1.165) is 12.5 Å². The monoisotopic (exact) mass is 348 g/mol. The summed E-state index contributed by atoms with van der Waals surface area (Å²) in [6, 6.07) is 5.02. The summed E-state index contributed by atoms with van der Waals surface area (Å²) in [4.78, 5) is 0. The van der Waals surface area contributed by atoms with E-state index in [4.69, 9.17) is 10.5 Å². The summed E-state index contributed by atoms with van der Waals surface area (Å²) in [5.74, 6) is -2.55. The van der Waals surface area contributed by atoms with Gasteiger partial charge in [0.15, 0.2) is 6.61 Å². The number of nitrogens with two attached hydrogens (primary N) is 1. The van der Waals surface area contributed by atoms with Gasteiger partial charge in [-0.1, -0.05) is 6.07 Å². The topological polar surface area (TPSA) is 70.3 Å². The van der Waals surface area contributed by atoms with E-state index in [-0.39, 0.29) is 17.3 Å². The van der Waals surface area contributed by atoms with E-state index in [0.29, 0.717) is 11.3 Å². The fourth-order valence-electron chi connectivity index (χ4n) is 1.78. The van der Waals surface area contributed by atoms with Crippen LogP contribution in [-0.4, -0.2) is 21.8 Å². The van der Waals surface area contributed by atoms with Crippen LogP contribution >= 0.6 is 0 Å². The number of ether oxygens (including phenoxy) is 1. The minimum atomic E-state index is -2.90. The van der Waals surface area contributed by atoms with Gasteiger partial charge in [-0.25, -0.2) is 8.78 Å². The van der Waals surface area contributed by atoms with Crippen molar-refractivity contribution in [3.63, 3.8) is 0 Å². The van der Waals surface area contributed by atoms with Gasteiger partial charge in [0.1, 0.15) is 10.5 Å². The third-order valence-electron chi connectivity index (χ3n) is 3.13. The van der Waals surface area contributed by atoms with E-state index >= 15 is 0 Å². The lowest BCUT2D eigenvalue weighted by Gasteiger charge is -2.27. The molecule has 0 bridgehead atoms. The first kappa shape index (κ1) is 20.2. The van der Waals surface area contributed by atoms with Gasteiger partial charge in [-0.3, -0.25) is 0 Å². The van der Waals surface area contributed by atoms with Crippen LogP contribution < -0.4 is 15.2 Å². The molecule has 132 valence electrons. The van der Waals surface area contributed by atoms with Crippen LogP contribution in [0.15, 0.2) is 18.2 Å². The molecular formula is C16H26F2N2O2S. The molecule has 2 atom stereocenters. The van der Waals surface area contributed by atoms with Gasteiger partial charge in [-0.05, 0) is 45.4 Å². The average Bonchev–Trinajstić information content (AvgIpc) is 2.42. The van der Waals surface area contributed by atoms with Crippen LogP contribution in [0, 0.1) is 0 Å². The normalized spacial score (nSPS) is 15.3. The molecule has 1 aromatic rings. The molecule has 3 N–H and O–H groups in total. The van der Waals surface area contributed by atoms with Gasteiger partial charge < -0.3 is 15.0 Å². The van der Waals surface area contributed by atoms with Crippen LogP contribution in [0.3, 0.4) is 0 Å². The first-order valence-electron chi connectivity index (χ1n) is 7.45. The lowest BCUT2D eigenvalue weighted by atomic mass is 10.0. The number of hydrogen-bond donors (Lipinski definition) is 2. The van der Waals surface area contributed by atoms with E-state index in [1.165, 1.54) is 0 Å². The molecule has 0 heterocycles. The molecule has 0 aromatic heterocycles. The average molecular weight is 348 g/mol. The van der Waals surface area contributed by atoms with Gasteiger partial charge >= 0.3 is 0 Å². The number of rotatable bonds is 7. The van der Waals surface area contributed by atoms with Gasteiger partial charge in [0, 0.05) is 30.4 Å². The Morgan fingerprint density at radius 1 is 1.30 bits per heavy atom. The molecule has 0 amide bonds. The lowest BCUT2D eigenvalue weighted by molar-refractivity contribution is -0.0232. The van der Waals surface area contributed by atoms with E-state index in [9.17, 15) is 13.3 Å². The molecular weight excluding hydrogens is 322 g/mol. The van der Waals surface area contributed by atoms with Crippen LogP contribution in [-0.2, 0) is 17.9 Å². The summed E-state index contributed by atoms with van der Waals surface area (Å²) in [5, 5.41) is 0. The zero-order valence-electron chi connectivity index (χ0n) is 14.3. The molecule has 7 heteroatoms. The maximum Gasteiger partial charge on any atom is 0.278 e. The molecule has 1 rings (SSSR count). The number of hydrogen-bond acceptors (Lipinski definition) is 4. The number of benzene rings is 1. The molecule has 4 nitrogen and oxygen atoms in total. The highest BCUT2D eigenvalue weighted by molar-refractivity contribution is 7.90. The molecule has 0 aliphatic carbocycles. The van der Waals surface area contributed by atoms with Crippen molar-refractivity contribution in [2.24, 2.45) is 5.73 Å². The van der Waals surface area contributed by atoms with Crippen LogP contribution in [0.4, 0.5) is 8.78 Å². The molecule has 0 fully saturated rings. The standard InChI is InChI=1S/C16H26F2N2O2S/c1-11(20-23(21)15(2,3)4)12-6-7-14(13(8-12)9-19)22-10-16(5,17)18/h6-8,11,20H,9-10,19H2,1-5H3/t11-,23-/m1/s1. The third-order valence-corrected chi connectivity index (χ3v) is 4.81. The van der Waals surface area contributed by atoms with Crippen molar-refractivity contribution < 1.29 is 18.1 Å². The van der Waals surface area contributed by atoms with Gasteiger partial charge in [0.2, 0.25) is 0 Å². The largest absolute Gasteiger partial charge is 0.598 e. The van der Waals surface area contributed by atoms with Gasteiger partial charge in [-0.2, -0.15) is 0 Å². The summed E-state index contributed by atoms with van der Waals surface area (Å²) < 4.78 is 45.8. The Balaban J connectivity index is 2.86. The van der Waals surface area contributed by atoms with Crippen LogP contribution in [0.25, 0.3) is 0 Å². The lowest BCUT2D eigenvalue weighted by Crippen LogP contribution is -2.40. The van der Waals surface area contributed by atoms with Gasteiger partial charge in [-0.15, -0.1) is 4.72 Å². The molecule has 0 spiro atoms. The minimum Gasteiger partial charge on any atom is -0.598 e. The fourth-order valence-corrected chi connectivity index (χ4v) is 2.59. The maximum absolute atomic E-state index is 12.9. The molecule has 0 radical (unpaired) electrons. The van der Waals surface area contributed by atoms with Crippen molar-refractivity contribution in [3.8, 4) is 5.75 Å². The number of halogens is 2. The Hall–Kier alpha value is -0.890. The van der Waals surface area contributed by atoms with E-state index < -0.39 is 23.9 Å². The predicted molar refractivity (Wildman–Crippen MR) is 89.9 cm³/mol. The first-order valence-corrected chi connectivity index (χ1v) is 8.60. The Kier molecular flexibility index (Phi) is 6.82. The van der Waals surface area contributed by atoms with Crippen LogP contribution in [0.2, 0.25) is 0 Å². The van der Waals surface area contributed by atoms with Gasteiger partial charge in [0.25, 0.3) is 5.92 Å². The molecule has 0 saturated heterocycles.